The average Bonchev–Trinajstić information content (AvgIpc) is 3.14. The number of carbonyl (C=O) groups is 5. The molecule has 29 heavy (non-hydrogen) atoms. The molecular weight excluding hydrogens is 388 g/mol. The monoisotopic (exact) mass is 412 g/mol. The summed E-state index contributed by atoms with van der Waals surface area (Å²) in [6.07, 6.45) is 1.69. The lowest BCUT2D eigenvalue weighted by atomic mass is 10.1. The molecule has 1 rings (SSSR count). The van der Waals surface area contributed by atoms with Crippen molar-refractivity contribution in [2.75, 3.05) is 0 Å². The van der Waals surface area contributed by atoms with Gasteiger partial charge in [-0.05, 0) is 12.8 Å². The van der Waals surface area contributed by atoms with Crippen LogP contribution in [-0.2, 0) is 30.4 Å². The van der Waals surface area contributed by atoms with Crippen molar-refractivity contribution >= 4 is 29.7 Å². The highest BCUT2D eigenvalue weighted by atomic mass is 16.4. The van der Waals surface area contributed by atoms with Gasteiger partial charge in [-0.2, -0.15) is 0 Å². The number of carboxylic acid groups (broad SMARTS) is 2. The summed E-state index contributed by atoms with van der Waals surface area (Å²) in [4.78, 5) is 64.2. The summed E-state index contributed by atoms with van der Waals surface area (Å²) in [5.41, 5.74) is 11.1. The second kappa shape index (κ2) is 11.4. The van der Waals surface area contributed by atoms with Crippen molar-refractivity contribution in [3.63, 3.8) is 0 Å². The van der Waals surface area contributed by atoms with Crippen molar-refractivity contribution in [1.82, 2.24) is 20.6 Å². The van der Waals surface area contributed by atoms with E-state index in [9.17, 15) is 29.1 Å². The van der Waals surface area contributed by atoms with E-state index in [0.717, 1.165) is 0 Å². The van der Waals surface area contributed by atoms with E-state index < -0.39 is 54.2 Å². The van der Waals surface area contributed by atoms with Gasteiger partial charge in [0.05, 0.1) is 12.4 Å². The van der Waals surface area contributed by atoms with Crippen LogP contribution in [0.15, 0.2) is 12.5 Å². The average molecular weight is 412 g/mol. The van der Waals surface area contributed by atoms with Gasteiger partial charge in [0.25, 0.3) is 0 Å². The maximum atomic E-state index is 12.5. The number of aliphatic carboxylic acids is 2. The minimum absolute atomic E-state index is 0.0635. The van der Waals surface area contributed by atoms with Crippen LogP contribution in [0.5, 0.6) is 0 Å². The number of aromatic nitrogens is 2. The highest BCUT2D eigenvalue weighted by Gasteiger charge is 2.28. The van der Waals surface area contributed by atoms with Gasteiger partial charge in [0.1, 0.15) is 12.1 Å². The number of hydrogen-bond donors (Lipinski definition) is 7. The van der Waals surface area contributed by atoms with E-state index in [0.29, 0.717) is 5.69 Å². The van der Waals surface area contributed by atoms with E-state index in [2.05, 4.69) is 20.6 Å². The lowest BCUT2D eigenvalue weighted by molar-refractivity contribution is -0.143. The number of rotatable bonds is 13. The highest BCUT2D eigenvalue weighted by molar-refractivity contribution is 5.92. The van der Waals surface area contributed by atoms with Crippen molar-refractivity contribution < 1.29 is 34.2 Å². The van der Waals surface area contributed by atoms with Crippen molar-refractivity contribution in [3.8, 4) is 0 Å². The van der Waals surface area contributed by atoms with E-state index in [-0.39, 0.29) is 25.7 Å². The number of nitrogens with two attached hydrogens (primary N) is 2. The molecule has 0 saturated carbocycles. The summed E-state index contributed by atoms with van der Waals surface area (Å²) >= 11 is 0. The van der Waals surface area contributed by atoms with Gasteiger partial charge in [0, 0.05) is 31.2 Å². The van der Waals surface area contributed by atoms with Gasteiger partial charge < -0.3 is 37.3 Å². The fourth-order valence-corrected chi connectivity index (χ4v) is 2.33. The molecule has 3 atom stereocenters. The Morgan fingerprint density at radius 2 is 1.69 bits per heavy atom. The van der Waals surface area contributed by atoms with E-state index in [1.54, 1.807) is 0 Å². The summed E-state index contributed by atoms with van der Waals surface area (Å²) in [5.74, 6) is -4.86. The Hall–Kier alpha value is -3.48. The second-order valence-corrected chi connectivity index (χ2v) is 6.29. The van der Waals surface area contributed by atoms with Crippen LogP contribution in [0.3, 0.4) is 0 Å². The number of aromatic amines is 1. The molecule has 0 aliphatic heterocycles. The van der Waals surface area contributed by atoms with Gasteiger partial charge in [-0.3, -0.25) is 19.2 Å². The third-order valence-electron chi connectivity index (χ3n) is 3.91. The van der Waals surface area contributed by atoms with Crippen LogP contribution in [0.4, 0.5) is 0 Å². The van der Waals surface area contributed by atoms with E-state index >= 15 is 0 Å². The first-order valence-electron chi connectivity index (χ1n) is 8.66. The maximum Gasteiger partial charge on any atom is 0.326 e. The Labute approximate surface area is 165 Å². The zero-order chi connectivity index (χ0) is 22.0. The summed E-state index contributed by atoms with van der Waals surface area (Å²) < 4.78 is 0. The summed E-state index contributed by atoms with van der Waals surface area (Å²) in [6, 6.07) is -3.82. The Morgan fingerprint density at radius 1 is 1.03 bits per heavy atom. The molecule has 13 nitrogen and oxygen atoms in total. The van der Waals surface area contributed by atoms with E-state index in [1.807, 2.05) is 0 Å². The van der Waals surface area contributed by atoms with Crippen molar-refractivity contribution in [2.45, 2.75) is 50.2 Å². The number of nitrogens with zero attached hydrogens (tertiary/aromatic N) is 1. The van der Waals surface area contributed by atoms with Crippen molar-refractivity contribution in [2.24, 2.45) is 11.5 Å². The normalized spacial score (nSPS) is 13.7. The lowest BCUT2D eigenvalue weighted by Gasteiger charge is -2.22. The molecule has 13 heteroatoms. The van der Waals surface area contributed by atoms with Gasteiger partial charge in [0.15, 0.2) is 0 Å². The number of carbonyl (C=O) groups excluding carboxylic acids is 3. The van der Waals surface area contributed by atoms with Crippen LogP contribution in [0.2, 0.25) is 0 Å². The predicted octanol–water partition coefficient (Wildman–Crippen LogP) is -2.54. The molecular formula is C16H24N6O7. The lowest BCUT2D eigenvalue weighted by Crippen LogP contribution is -2.55. The summed E-state index contributed by atoms with van der Waals surface area (Å²) in [7, 11) is 0. The largest absolute Gasteiger partial charge is 0.481 e. The molecule has 0 spiro atoms. The standard InChI is InChI=1S/C16H24N6O7/c17-9(1-3-12(18)23)14(26)21-10(2-4-13(24)25)15(27)22-11(16(28)29)5-8-6-19-7-20-8/h6-7,9-11H,1-5,17H2,(H2,18,23)(H,19,20)(H,21,26)(H,22,27)(H,24,25)(H,28,29). The molecule has 1 aromatic rings. The van der Waals surface area contributed by atoms with Crippen LogP contribution in [0.25, 0.3) is 0 Å². The Balaban J connectivity index is 2.80. The first kappa shape index (κ1) is 23.6. The molecule has 0 aliphatic rings. The highest BCUT2D eigenvalue weighted by Crippen LogP contribution is 2.04. The van der Waals surface area contributed by atoms with Crippen LogP contribution in [0, 0.1) is 0 Å². The van der Waals surface area contributed by atoms with Crippen LogP contribution in [0.1, 0.15) is 31.4 Å². The smallest absolute Gasteiger partial charge is 0.326 e. The molecule has 1 heterocycles. The molecule has 0 radical (unpaired) electrons. The molecule has 0 fully saturated rings. The molecule has 3 amide bonds. The molecule has 9 N–H and O–H groups in total. The third-order valence-corrected chi connectivity index (χ3v) is 3.91. The first-order chi connectivity index (χ1) is 13.6. The molecule has 160 valence electrons. The third kappa shape index (κ3) is 8.83. The van der Waals surface area contributed by atoms with Gasteiger partial charge >= 0.3 is 11.9 Å². The van der Waals surface area contributed by atoms with Crippen molar-refractivity contribution in [1.29, 1.82) is 0 Å². The predicted molar refractivity (Wildman–Crippen MR) is 97.1 cm³/mol. The number of nitrogens with one attached hydrogen (secondary N) is 3. The molecule has 3 unspecified atom stereocenters. The van der Waals surface area contributed by atoms with Crippen LogP contribution in [-0.4, -0.2) is 68.0 Å². The number of carboxylic acids is 2. The van der Waals surface area contributed by atoms with E-state index in [4.69, 9.17) is 16.6 Å². The van der Waals surface area contributed by atoms with Gasteiger partial charge in [-0.1, -0.05) is 0 Å². The summed E-state index contributed by atoms with van der Waals surface area (Å²) in [6.45, 7) is 0. The molecule has 0 aliphatic carbocycles. The maximum absolute atomic E-state index is 12.5. The zero-order valence-corrected chi connectivity index (χ0v) is 15.5. The Kier molecular flexibility index (Phi) is 9.25. The molecule has 0 aromatic carbocycles. The number of hydrogen-bond acceptors (Lipinski definition) is 7. The van der Waals surface area contributed by atoms with Crippen LogP contribution < -0.4 is 22.1 Å². The van der Waals surface area contributed by atoms with Gasteiger partial charge in [-0.25, -0.2) is 9.78 Å². The molecule has 0 bridgehead atoms. The number of H-pyrrole nitrogens is 1. The minimum Gasteiger partial charge on any atom is -0.481 e. The first-order valence-corrected chi connectivity index (χ1v) is 8.66. The molecule has 0 saturated heterocycles. The van der Waals surface area contributed by atoms with Crippen LogP contribution >= 0.6 is 0 Å². The van der Waals surface area contributed by atoms with Crippen molar-refractivity contribution in [3.05, 3.63) is 18.2 Å². The minimum atomic E-state index is -1.34. The van der Waals surface area contributed by atoms with Gasteiger partial charge in [-0.15, -0.1) is 0 Å². The van der Waals surface area contributed by atoms with Gasteiger partial charge in [0.2, 0.25) is 17.7 Å². The fraction of sp³-hybridized carbons (Fsp3) is 0.500. The van der Waals surface area contributed by atoms with E-state index in [1.165, 1.54) is 12.5 Å². The zero-order valence-electron chi connectivity index (χ0n) is 15.5. The Morgan fingerprint density at radius 3 is 2.21 bits per heavy atom. The quantitative estimate of drug-likeness (QED) is 0.181. The summed E-state index contributed by atoms with van der Waals surface area (Å²) in [5, 5.41) is 22.7. The number of amides is 3. The number of imidazole rings is 1. The number of primary amides is 1. The second-order valence-electron chi connectivity index (χ2n) is 6.29. The SMILES string of the molecule is NC(=O)CCC(N)C(=O)NC(CCC(=O)O)C(=O)NC(Cc1cnc[nH]1)C(=O)O. The topological polar surface area (TPSA) is 231 Å². The molecule has 1 aromatic heterocycles. The fourth-order valence-electron chi connectivity index (χ4n) is 2.33. The Bertz CT molecular complexity index is 736.